The Hall–Kier alpha value is -0.330. The highest BCUT2D eigenvalue weighted by atomic mass is 32.2. The molecule has 0 aromatic heterocycles. The van der Waals surface area contributed by atoms with Gasteiger partial charge in [0.1, 0.15) is 0 Å². The molecule has 0 amide bonds. The van der Waals surface area contributed by atoms with E-state index in [0.717, 1.165) is 11.8 Å². The molecule has 0 spiro atoms. The van der Waals surface area contributed by atoms with Gasteiger partial charge in [-0.05, 0) is 6.42 Å². The maximum Gasteiger partial charge on any atom is 0.284 e. The number of carbonyl (C=O) groups excluding carboxylic acids is 1. The fourth-order valence-electron chi connectivity index (χ4n) is 1.09. The van der Waals surface area contributed by atoms with Crippen LogP contribution in [0.4, 0.5) is 22.0 Å². The summed E-state index contributed by atoms with van der Waals surface area (Å²) in [5.41, 5.74) is 0. The first kappa shape index (κ1) is 16.7. The zero-order valence-corrected chi connectivity index (χ0v) is 10.4. The summed E-state index contributed by atoms with van der Waals surface area (Å²) >= 11 is 0.854. The normalized spacial score (nSPS) is 14.8. The molecule has 0 aromatic rings. The molecule has 0 bridgehead atoms. The van der Waals surface area contributed by atoms with Crippen LogP contribution in [-0.4, -0.2) is 28.9 Å². The molecule has 0 rings (SSSR count). The molecule has 0 heterocycles. The van der Waals surface area contributed by atoms with Gasteiger partial charge in [0.25, 0.3) is 11.8 Å². The Morgan fingerprint density at radius 1 is 1.29 bits per heavy atom. The van der Waals surface area contributed by atoms with E-state index < -0.39 is 24.4 Å². The van der Waals surface area contributed by atoms with E-state index in [4.69, 9.17) is 0 Å². The van der Waals surface area contributed by atoms with Crippen LogP contribution < -0.4 is 0 Å². The second-order valence-electron chi connectivity index (χ2n) is 3.76. The van der Waals surface area contributed by atoms with E-state index in [1.165, 1.54) is 0 Å². The van der Waals surface area contributed by atoms with Gasteiger partial charge in [-0.3, -0.25) is 4.79 Å². The van der Waals surface area contributed by atoms with Crippen LogP contribution in [-0.2, 0) is 4.79 Å². The Morgan fingerprint density at radius 3 is 2.24 bits per heavy atom. The van der Waals surface area contributed by atoms with Crippen LogP contribution in [0.1, 0.15) is 33.1 Å². The zero-order chi connectivity index (χ0) is 13.7. The van der Waals surface area contributed by atoms with Crippen molar-refractivity contribution in [3.8, 4) is 0 Å². The van der Waals surface area contributed by atoms with E-state index in [1.807, 2.05) is 0 Å². The number of halogens is 5. The SMILES string of the molecule is CCC(=O)SCCCC(F)(F)C(F)C(C)(F)F. The molecule has 0 saturated carbocycles. The van der Waals surface area contributed by atoms with Gasteiger partial charge in [0.15, 0.2) is 5.12 Å². The lowest BCUT2D eigenvalue weighted by atomic mass is 10.0. The van der Waals surface area contributed by atoms with E-state index >= 15 is 0 Å². The predicted molar refractivity (Wildman–Crippen MR) is 57.5 cm³/mol. The average molecular weight is 278 g/mol. The number of thioether (sulfide) groups is 1. The minimum atomic E-state index is -4.06. The molecular weight excluding hydrogens is 263 g/mol. The highest BCUT2D eigenvalue weighted by Crippen LogP contribution is 2.36. The van der Waals surface area contributed by atoms with Crippen LogP contribution in [0.25, 0.3) is 0 Å². The van der Waals surface area contributed by atoms with Crippen LogP contribution in [0, 0.1) is 0 Å². The predicted octanol–water partition coefficient (Wildman–Crippen LogP) is 4.07. The van der Waals surface area contributed by atoms with Gasteiger partial charge in [-0.2, -0.15) is 0 Å². The number of rotatable bonds is 7. The van der Waals surface area contributed by atoms with Crippen molar-refractivity contribution in [1.82, 2.24) is 0 Å². The van der Waals surface area contributed by atoms with Crippen molar-refractivity contribution in [2.24, 2.45) is 0 Å². The third kappa shape index (κ3) is 6.24. The maximum absolute atomic E-state index is 13.0. The van der Waals surface area contributed by atoms with Crippen molar-refractivity contribution < 1.29 is 26.7 Å². The molecule has 0 saturated heterocycles. The van der Waals surface area contributed by atoms with Gasteiger partial charge in [0.05, 0.1) is 0 Å². The first-order valence-electron chi connectivity index (χ1n) is 5.16. The van der Waals surface area contributed by atoms with E-state index in [1.54, 1.807) is 6.92 Å². The van der Waals surface area contributed by atoms with E-state index in [-0.39, 0.29) is 30.6 Å². The monoisotopic (exact) mass is 278 g/mol. The Morgan fingerprint density at radius 2 is 1.82 bits per heavy atom. The maximum atomic E-state index is 13.0. The lowest BCUT2D eigenvalue weighted by Gasteiger charge is -2.24. The summed E-state index contributed by atoms with van der Waals surface area (Å²) in [6.07, 6.45) is -4.37. The highest BCUT2D eigenvalue weighted by Gasteiger charge is 2.52. The molecular formula is C10H15F5OS. The van der Waals surface area contributed by atoms with Gasteiger partial charge in [0, 0.05) is 25.5 Å². The van der Waals surface area contributed by atoms with Crippen molar-refractivity contribution in [3.05, 3.63) is 0 Å². The summed E-state index contributed by atoms with van der Waals surface area (Å²) < 4.78 is 63.5. The molecule has 1 unspecified atom stereocenters. The fraction of sp³-hybridized carbons (Fsp3) is 0.900. The molecule has 0 aromatic carbocycles. The summed E-state index contributed by atoms with van der Waals surface area (Å²) in [5, 5.41) is -0.161. The molecule has 0 aliphatic carbocycles. The minimum absolute atomic E-state index is 0.0876. The number of hydrogen-bond donors (Lipinski definition) is 0. The Labute approximate surface area is 101 Å². The van der Waals surface area contributed by atoms with Gasteiger partial charge < -0.3 is 0 Å². The highest BCUT2D eigenvalue weighted by molar-refractivity contribution is 8.13. The van der Waals surface area contributed by atoms with Crippen molar-refractivity contribution in [2.45, 2.75) is 51.1 Å². The molecule has 0 aliphatic rings. The van der Waals surface area contributed by atoms with Crippen LogP contribution in [0.3, 0.4) is 0 Å². The summed E-state index contributed by atoms with van der Waals surface area (Å²) in [5.74, 6) is -8.03. The molecule has 1 nitrogen and oxygen atoms in total. The number of carbonyl (C=O) groups is 1. The third-order valence-electron chi connectivity index (χ3n) is 2.02. The molecule has 102 valence electrons. The topological polar surface area (TPSA) is 17.1 Å². The molecule has 17 heavy (non-hydrogen) atoms. The summed E-state index contributed by atoms with van der Waals surface area (Å²) in [6.45, 7) is 1.75. The van der Waals surface area contributed by atoms with Crippen molar-refractivity contribution in [1.29, 1.82) is 0 Å². The summed E-state index contributed by atoms with van der Waals surface area (Å²) in [6, 6.07) is 0. The molecule has 1 atom stereocenters. The molecule has 0 N–H and O–H groups in total. The molecule has 7 heteroatoms. The van der Waals surface area contributed by atoms with E-state index in [2.05, 4.69) is 0 Å². The van der Waals surface area contributed by atoms with Gasteiger partial charge in [-0.15, -0.1) is 0 Å². The number of alkyl halides is 5. The second kappa shape index (κ2) is 6.56. The van der Waals surface area contributed by atoms with Gasteiger partial charge in [-0.25, -0.2) is 22.0 Å². The average Bonchev–Trinajstić information content (AvgIpc) is 2.21. The molecule has 0 fully saturated rings. The Bertz CT molecular complexity index is 252. The first-order chi connectivity index (χ1) is 7.61. The Balaban J connectivity index is 4.06. The van der Waals surface area contributed by atoms with E-state index in [0.29, 0.717) is 0 Å². The van der Waals surface area contributed by atoms with Crippen LogP contribution in [0.2, 0.25) is 0 Å². The first-order valence-corrected chi connectivity index (χ1v) is 6.15. The van der Waals surface area contributed by atoms with Crippen molar-refractivity contribution in [3.63, 3.8) is 0 Å². The molecule has 0 aliphatic heterocycles. The summed E-state index contributed by atoms with van der Waals surface area (Å²) in [4.78, 5) is 10.8. The van der Waals surface area contributed by atoms with Gasteiger partial charge in [-0.1, -0.05) is 18.7 Å². The lowest BCUT2D eigenvalue weighted by Crippen LogP contribution is -2.42. The minimum Gasteiger partial charge on any atom is -0.287 e. The molecule has 0 radical (unpaired) electrons. The quantitative estimate of drug-likeness (QED) is 0.516. The Kier molecular flexibility index (Phi) is 6.43. The fourth-order valence-corrected chi connectivity index (χ4v) is 1.81. The van der Waals surface area contributed by atoms with Crippen LogP contribution in [0.5, 0.6) is 0 Å². The van der Waals surface area contributed by atoms with Crippen molar-refractivity contribution in [2.75, 3.05) is 5.75 Å². The van der Waals surface area contributed by atoms with Crippen molar-refractivity contribution >= 4 is 16.9 Å². The van der Waals surface area contributed by atoms with Crippen LogP contribution >= 0.6 is 11.8 Å². The lowest BCUT2D eigenvalue weighted by molar-refractivity contribution is -0.175. The third-order valence-corrected chi connectivity index (χ3v) is 3.13. The van der Waals surface area contributed by atoms with E-state index in [9.17, 15) is 26.7 Å². The van der Waals surface area contributed by atoms with Crippen LogP contribution in [0.15, 0.2) is 0 Å². The standard InChI is InChI=1S/C10H15F5OS/c1-3-7(16)17-6-4-5-10(14,15)8(11)9(2,12)13/h8H,3-6H2,1-2H3. The smallest absolute Gasteiger partial charge is 0.284 e. The zero-order valence-electron chi connectivity index (χ0n) is 9.61. The van der Waals surface area contributed by atoms with Gasteiger partial charge in [0.2, 0.25) is 6.17 Å². The summed E-state index contributed by atoms with van der Waals surface area (Å²) in [7, 11) is 0. The van der Waals surface area contributed by atoms with Gasteiger partial charge >= 0.3 is 0 Å². The largest absolute Gasteiger partial charge is 0.287 e. The number of hydrogen-bond acceptors (Lipinski definition) is 2. The second-order valence-corrected chi connectivity index (χ2v) is 4.91.